The van der Waals surface area contributed by atoms with Crippen LogP contribution >= 0.6 is 0 Å². The first-order valence-electron chi connectivity index (χ1n) is 49.5. The third-order valence-electron chi connectivity index (χ3n) is 31.3. The van der Waals surface area contributed by atoms with Crippen molar-refractivity contribution in [3.05, 3.63) is 455 Å². The molecule has 13 heteroatoms. The molecule has 0 atom stereocenters. The molecule has 0 unspecified atom stereocenters. The van der Waals surface area contributed by atoms with E-state index < -0.39 is 0 Å². The molecule has 0 fully saturated rings. The molecule has 0 N–H and O–H groups in total. The summed E-state index contributed by atoms with van der Waals surface area (Å²) >= 11 is 0. The molecule has 0 aliphatic heterocycles. The van der Waals surface area contributed by atoms with Crippen LogP contribution in [0.5, 0.6) is 0 Å². The molecular weight excluding hydrogens is 1770 g/mol. The third kappa shape index (κ3) is 10.8. The number of hydrogen-bond donors (Lipinski definition) is 0. The summed E-state index contributed by atoms with van der Waals surface area (Å²) in [7, 11) is 0. The van der Waals surface area contributed by atoms with E-state index in [0.717, 1.165) is 77.8 Å². The van der Waals surface area contributed by atoms with Gasteiger partial charge in [0.1, 0.15) is 5.65 Å². The van der Waals surface area contributed by atoms with Gasteiger partial charge in [0.05, 0.1) is 111 Å². The summed E-state index contributed by atoms with van der Waals surface area (Å²) in [5.74, 6) is 1.34. The topological polar surface area (TPSA) is 110 Å². The van der Waals surface area contributed by atoms with Crippen LogP contribution in [0.15, 0.2) is 455 Å². The van der Waals surface area contributed by atoms with Gasteiger partial charge in [-0.1, -0.05) is 309 Å². The largest absolute Gasteiger partial charge is 0.309 e. The van der Waals surface area contributed by atoms with Gasteiger partial charge in [-0.3, -0.25) is 9.13 Å². The summed E-state index contributed by atoms with van der Waals surface area (Å²) in [5, 5.41) is 36.8. The van der Waals surface area contributed by atoms with Gasteiger partial charge in [-0.05, 0) is 154 Å². The molecule has 0 radical (unpaired) electrons. The second-order valence-corrected chi connectivity index (χ2v) is 38.7. The van der Waals surface area contributed by atoms with Crippen molar-refractivity contribution in [3.63, 3.8) is 0 Å². The van der Waals surface area contributed by atoms with E-state index in [9.17, 15) is 0 Å². The molecule has 35 rings (SSSR count). The minimum Gasteiger partial charge on any atom is -0.309 e. The Morgan fingerprint density at radius 1 is 0.179 bits per heavy atom. The zero-order chi connectivity index (χ0) is 94.2. The smallest absolute Gasteiger partial charge is 0.236 e. The maximum absolute atomic E-state index is 5.27. The lowest BCUT2D eigenvalue weighted by Gasteiger charge is -2.12. The molecule has 35 aromatic rings. The quantitative estimate of drug-likeness (QED) is 0.164. The molecule has 13 nitrogen and oxygen atoms in total. The summed E-state index contributed by atoms with van der Waals surface area (Å²) in [6.45, 7) is 0. The normalized spacial score (nSPS) is 12.4. The lowest BCUT2D eigenvalue weighted by Crippen LogP contribution is -2.02. The average molecular weight is 1840 g/mol. The highest BCUT2D eigenvalue weighted by molar-refractivity contribution is 6.41. The first kappa shape index (κ1) is 78.2. The average Bonchev–Trinajstić information content (AvgIpc) is 1.52. The summed E-state index contributed by atoms with van der Waals surface area (Å²) in [5.41, 5.74) is 28.3. The zero-order valence-corrected chi connectivity index (χ0v) is 77.6. The number of hydrogen-bond acceptors (Lipinski definition) is 6. The number of aromatic nitrogens is 13. The van der Waals surface area contributed by atoms with Crippen LogP contribution in [-0.4, -0.2) is 61.4 Å². The summed E-state index contributed by atoms with van der Waals surface area (Å²) in [6, 6.07) is 158. The molecule has 0 aliphatic rings. The first-order valence-corrected chi connectivity index (χ1v) is 49.5. The van der Waals surface area contributed by atoms with E-state index in [0.29, 0.717) is 17.4 Å². The van der Waals surface area contributed by atoms with Crippen LogP contribution in [0.1, 0.15) is 0 Å². The van der Waals surface area contributed by atoms with E-state index in [2.05, 4.69) is 467 Å². The Hall–Kier alpha value is -19.8. The molecule has 21 aromatic carbocycles. The van der Waals surface area contributed by atoms with Crippen molar-refractivity contribution < 1.29 is 0 Å². The summed E-state index contributed by atoms with van der Waals surface area (Å²) in [4.78, 5) is 30.1. The maximum atomic E-state index is 5.27. The molecule has 0 bridgehead atoms. The maximum Gasteiger partial charge on any atom is 0.236 e. The van der Waals surface area contributed by atoms with E-state index in [1.807, 2.05) is 18.3 Å². The minimum absolute atomic E-state index is 0.629. The van der Waals surface area contributed by atoms with E-state index in [1.54, 1.807) is 6.20 Å². The highest BCUT2D eigenvalue weighted by atomic mass is 15.2. The Kier molecular flexibility index (Phi) is 15.9. The van der Waals surface area contributed by atoms with Gasteiger partial charge in [0.25, 0.3) is 0 Å². The van der Waals surface area contributed by atoms with Crippen LogP contribution < -0.4 is 0 Å². The van der Waals surface area contributed by atoms with Crippen molar-refractivity contribution in [1.29, 1.82) is 0 Å². The fraction of sp³-hybridized carbons (Fsp3) is 0. The SMILES string of the molecule is c1ccc(-n2c3ccccc3c3cc(-n4c5cc6c7ccccc7n7c8ccccc8c(c5c5ccc8ccccc8c54)c67)cnc32)cc1.c1ccc2cc(-c3nc(-c4ccc(-n5c6cc7c8ccccc8n8c9ccccc9c(c6c6ccc9ccccc9c65)c78)cc4)nc4ccccc34)ccc2c1.c1cnc2nc(-n3c4cc5c6ccccc6n6c7ccccc7c(c4c4ccc7ccccc7c43)c56)ncc2c1. The van der Waals surface area contributed by atoms with Crippen molar-refractivity contribution in [3.8, 4) is 45.7 Å². The van der Waals surface area contributed by atoms with Gasteiger partial charge in [0, 0.05) is 170 Å². The number of nitrogens with zero attached hydrogens (tertiary/aromatic N) is 13. The number of fused-ring (bicyclic) bond motifs is 42. The molecule has 0 spiro atoms. The first-order chi connectivity index (χ1) is 72.0. The van der Waals surface area contributed by atoms with E-state index in [4.69, 9.17) is 24.9 Å². The van der Waals surface area contributed by atoms with Crippen LogP contribution in [0.2, 0.25) is 0 Å². The lowest BCUT2D eigenvalue weighted by atomic mass is 10.0. The van der Waals surface area contributed by atoms with Crippen molar-refractivity contribution in [2.75, 3.05) is 0 Å². The number of para-hydroxylation sites is 9. The molecular formula is C132H75N13. The van der Waals surface area contributed by atoms with Crippen molar-refractivity contribution in [1.82, 2.24) is 61.4 Å². The van der Waals surface area contributed by atoms with Gasteiger partial charge in [0.15, 0.2) is 11.5 Å². The molecule has 0 saturated heterocycles. The predicted molar refractivity (Wildman–Crippen MR) is 603 cm³/mol. The van der Waals surface area contributed by atoms with Gasteiger partial charge in [-0.15, -0.1) is 0 Å². The summed E-state index contributed by atoms with van der Waals surface area (Å²) < 4.78 is 16.9. The van der Waals surface area contributed by atoms with E-state index in [-0.39, 0.29) is 0 Å². The Morgan fingerprint density at radius 3 is 1.08 bits per heavy atom. The van der Waals surface area contributed by atoms with Gasteiger partial charge in [0.2, 0.25) is 5.95 Å². The Bertz CT molecular complexity index is 11800. The van der Waals surface area contributed by atoms with Gasteiger partial charge in [-0.2, -0.15) is 4.98 Å². The lowest BCUT2D eigenvalue weighted by molar-refractivity contribution is 1.00. The van der Waals surface area contributed by atoms with Crippen LogP contribution in [0.3, 0.4) is 0 Å². The molecule has 0 aliphatic carbocycles. The van der Waals surface area contributed by atoms with Crippen LogP contribution in [0.25, 0.3) is 312 Å². The van der Waals surface area contributed by atoms with E-state index in [1.165, 1.54) is 217 Å². The molecule has 0 amide bonds. The predicted octanol–water partition coefficient (Wildman–Crippen LogP) is 33.5. The number of benzene rings is 21. The van der Waals surface area contributed by atoms with E-state index >= 15 is 0 Å². The van der Waals surface area contributed by atoms with Crippen LogP contribution in [-0.2, 0) is 0 Å². The molecule has 145 heavy (non-hydrogen) atoms. The third-order valence-corrected chi connectivity index (χ3v) is 31.3. The second-order valence-electron chi connectivity index (χ2n) is 38.7. The van der Waals surface area contributed by atoms with Gasteiger partial charge >= 0.3 is 0 Å². The fourth-order valence-corrected chi connectivity index (χ4v) is 25.3. The summed E-state index contributed by atoms with van der Waals surface area (Å²) in [6.07, 6.45) is 5.74. The number of rotatable bonds is 6. The van der Waals surface area contributed by atoms with Crippen molar-refractivity contribution in [2.24, 2.45) is 0 Å². The zero-order valence-electron chi connectivity index (χ0n) is 77.6. The molecule has 14 aromatic heterocycles. The highest BCUT2D eigenvalue weighted by Gasteiger charge is 2.32. The Balaban J connectivity index is 0.0000000966. The van der Waals surface area contributed by atoms with Gasteiger partial charge < -0.3 is 22.3 Å². The van der Waals surface area contributed by atoms with Crippen LogP contribution in [0.4, 0.5) is 0 Å². The highest BCUT2D eigenvalue weighted by Crippen LogP contribution is 2.54. The molecule has 14 heterocycles. The Morgan fingerprint density at radius 2 is 0.566 bits per heavy atom. The fourth-order valence-electron chi connectivity index (χ4n) is 25.3. The number of pyridine rings is 2. The van der Waals surface area contributed by atoms with Crippen molar-refractivity contribution in [2.45, 2.75) is 0 Å². The van der Waals surface area contributed by atoms with Crippen LogP contribution in [0, 0.1) is 0 Å². The van der Waals surface area contributed by atoms with Gasteiger partial charge in [-0.25, -0.2) is 24.9 Å². The second kappa shape index (κ2) is 29.4. The minimum atomic E-state index is 0.629. The van der Waals surface area contributed by atoms with Crippen molar-refractivity contribution >= 4 is 267 Å². The molecule has 0 saturated carbocycles. The molecule has 668 valence electrons. The Labute approximate surface area is 823 Å². The standard InChI is InChI=1S/C52H30N4.C45H26N4.C35H19N5/c1-2-13-34-29-35(22-21-31(34)11-1)49-39-16-5-8-18-43(39)53-52(54-49)33-23-26-36(27-24-33)55-46-30-42-38-15-6-9-19-44(38)56-45-20-10-7-17-40(45)48(51(42)56)47(46)41-28-25-32-12-3-4-14-37(32)50(41)55;1-2-13-28(14-3-1)48-37-19-9-7-17-32(37)36-24-29(26-46-45(36)48)47-40-25-35-31-16-6-10-20-38(31)49-39-21-11-8-18-33(39)42(44(35)49)41(40)34-23-22-27-12-4-5-15-30(27)43(34)47;1-2-10-22-20(8-1)15-16-25-30-29(40(32(22)25)35-37-19-21-9-7-17-36-34(21)38-35)18-26-23-11-3-5-13-27(23)39-28-14-6-4-12-24(28)31(30)33(26)39/h1-30H;1-26H;1-19H. The monoisotopic (exact) mass is 1840 g/mol.